The van der Waals surface area contributed by atoms with Crippen LogP contribution in [0.25, 0.3) is 0 Å². The minimum absolute atomic E-state index is 0.186. The monoisotopic (exact) mass is 495 g/mol. The van der Waals surface area contributed by atoms with Crippen molar-refractivity contribution in [1.29, 1.82) is 0 Å². The normalized spacial score (nSPS) is 12.2. The molecule has 1 N–H and O–H groups in total. The minimum atomic E-state index is -3.72. The molecular formula is C21H26BrN3O4S. The third-order valence-electron chi connectivity index (χ3n) is 4.68. The highest BCUT2D eigenvalue weighted by Gasteiger charge is 2.29. The summed E-state index contributed by atoms with van der Waals surface area (Å²) in [7, 11) is -2.22. The van der Waals surface area contributed by atoms with Gasteiger partial charge in [-0.25, -0.2) is 8.42 Å². The number of hydrogen-bond donors (Lipinski definition) is 1. The Hall–Kier alpha value is -2.39. The van der Waals surface area contributed by atoms with Crippen molar-refractivity contribution in [1.82, 2.24) is 10.2 Å². The standard InChI is InChI=1S/C21H26BrN3O4S/c1-15-5-7-17(8-6-15)13-24(16(2)21(27)23-3)20(26)14-25(30(4,28)29)19-11-9-18(22)10-12-19/h5-12,16H,13-14H2,1-4H3,(H,23,27). The highest BCUT2D eigenvalue weighted by Crippen LogP contribution is 2.21. The van der Waals surface area contributed by atoms with Crippen molar-refractivity contribution in [2.24, 2.45) is 0 Å². The summed E-state index contributed by atoms with van der Waals surface area (Å²) in [6.07, 6.45) is 1.05. The summed E-state index contributed by atoms with van der Waals surface area (Å²) in [5, 5.41) is 2.55. The van der Waals surface area contributed by atoms with E-state index in [1.807, 2.05) is 31.2 Å². The maximum atomic E-state index is 13.2. The molecule has 2 aromatic rings. The third kappa shape index (κ3) is 6.30. The number of rotatable bonds is 8. The fraction of sp³-hybridized carbons (Fsp3) is 0.333. The summed E-state index contributed by atoms with van der Waals surface area (Å²) in [5.41, 5.74) is 2.30. The van der Waals surface area contributed by atoms with Gasteiger partial charge in [0.2, 0.25) is 21.8 Å². The van der Waals surface area contributed by atoms with Crippen molar-refractivity contribution in [3.63, 3.8) is 0 Å². The highest BCUT2D eigenvalue weighted by molar-refractivity contribution is 9.10. The Morgan fingerprint density at radius 2 is 1.63 bits per heavy atom. The molecule has 0 spiro atoms. The Balaban J connectivity index is 2.35. The number of aryl methyl sites for hydroxylation is 1. The topological polar surface area (TPSA) is 86.8 Å². The van der Waals surface area contributed by atoms with E-state index in [1.165, 1.54) is 11.9 Å². The number of nitrogens with one attached hydrogen (secondary N) is 1. The second-order valence-corrected chi connectivity index (χ2v) is 9.87. The summed E-state index contributed by atoms with van der Waals surface area (Å²) in [5.74, 6) is -0.801. The summed E-state index contributed by atoms with van der Waals surface area (Å²) in [4.78, 5) is 26.8. The van der Waals surface area contributed by atoms with Crippen molar-refractivity contribution in [3.8, 4) is 0 Å². The summed E-state index contributed by atoms with van der Waals surface area (Å²) >= 11 is 3.32. The molecule has 0 aliphatic carbocycles. The van der Waals surface area contributed by atoms with Gasteiger partial charge in [-0.1, -0.05) is 45.8 Å². The van der Waals surface area contributed by atoms with Crippen LogP contribution in [0.1, 0.15) is 18.1 Å². The first-order chi connectivity index (χ1) is 14.0. The molecule has 2 rings (SSSR count). The number of carbonyl (C=O) groups excluding carboxylic acids is 2. The SMILES string of the molecule is CNC(=O)C(C)N(Cc1ccc(C)cc1)C(=O)CN(c1ccc(Br)cc1)S(C)(=O)=O. The summed E-state index contributed by atoms with van der Waals surface area (Å²) < 4.78 is 26.6. The minimum Gasteiger partial charge on any atom is -0.357 e. The van der Waals surface area contributed by atoms with Gasteiger partial charge >= 0.3 is 0 Å². The average Bonchev–Trinajstić information content (AvgIpc) is 2.70. The third-order valence-corrected chi connectivity index (χ3v) is 6.35. The van der Waals surface area contributed by atoms with Crippen LogP contribution in [0.4, 0.5) is 5.69 Å². The molecule has 2 amide bonds. The maximum Gasteiger partial charge on any atom is 0.244 e. The second-order valence-electron chi connectivity index (χ2n) is 7.04. The lowest BCUT2D eigenvalue weighted by atomic mass is 10.1. The molecule has 2 aromatic carbocycles. The van der Waals surface area contributed by atoms with Crippen LogP contribution < -0.4 is 9.62 Å². The summed E-state index contributed by atoms with van der Waals surface area (Å²) in [6.45, 7) is 3.36. The van der Waals surface area contributed by atoms with Gasteiger partial charge in [-0.15, -0.1) is 0 Å². The van der Waals surface area contributed by atoms with Gasteiger partial charge in [-0.05, 0) is 43.7 Å². The van der Waals surface area contributed by atoms with Gasteiger partial charge in [0.05, 0.1) is 11.9 Å². The van der Waals surface area contributed by atoms with Crippen molar-refractivity contribution < 1.29 is 18.0 Å². The Morgan fingerprint density at radius 3 is 2.13 bits per heavy atom. The molecule has 162 valence electrons. The number of carbonyl (C=O) groups is 2. The van der Waals surface area contributed by atoms with Crippen LogP contribution in [-0.2, 0) is 26.2 Å². The number of halogens is 1. The van der Waals surface area contributed by atoms with E-state index in [4.69, 9.17) is 0 Å². The van der Waals surface area contributed by atoms with Crippen molar-refractivity contribution >= 4 is 43.5 Å². The smallest absolute Gasteiger partial charge is 0.244 e. The van der Waals surface area contributed by atoms with E-state index in [9.17, 15) is 18.0 Å². The number of hydrogen-bond acceptors (Lipinski definition) is 4. The van der Waals surface area contributed by atoms with Crippen molar-refractivity contribution in [3.05, 3.63) is 64.1 Å². The number of amides is 2. The number of likely N-dealkylation sites (N-methyl/N-ethyl adjacent to an activating group) is 1. The van der Waals surface area contributed by atoms with Gasteiger partial charge in [0.1, 0.15) is 12.6 Å². The second kappa shape index (κ2) is 10.1. The van der Waals surface area contributed by atoms with Crippen molar-refractivity contribution in [2.45, 2.75) is 26.4 Å². The van der Waals surface area contributed by atoms with E-state index in [-0.39, 0.29) is 12.5 Å². The molecule has 0 saturated carbocycles. The molecule has 0 radical (unpaired) electrons. The Morgan fingerprint density at radius 1 is 1.07 bits per heavy atom. The van der Waals surface area contributed by atoms with Crippen LogP contribution in [-0.4, -0.2) is 51.0 Å². The maximum absolute atomic E-state index is 13.2. The molecule has 0 aliphatic heterocycles. The van der Waals surface area contributed by atoms with Crippen molar-refractivity contribution in [2.75, 3.05) is 24.2 Å². The average molecular weight is 496 g/mol. The Bertz CT molecular complexity index is 992. The van der Waals surface area contributed by atoms with Gasteiger partial charge in [0.15, 0.2) is 0 Å². The fourth-order valence-corrected chi connectivity index (χ4v) is 4.02. The number of sulfonamides is 1. The molecule has 30 heavy (non-hydrogen) atoms. The molecule has 0 aliphatic rings. The van der Waals surface area contributed by atoms with E-state index in [0.29, 0.717) is 5.69 Å². The van der Waals surface area contributed by atoms with E-state index >= 15 is 0 Å². The lowest BCUT2D eigenvalue weighted by Crippen LogP contribution is -2.50. The van der Waals surface area contributed by atoms with E-state index in [2.05, 4.69) is 21.2 Å². The van der Waals surface area contributed by atoms with Gasteiger partial charge in [0, 0.05) is 18.1 Å². The molecule has 0 bridgehead atoms. The molecule has 1 unspecified atom stereocenters. The molecule has 9 heteroatoms. The zero-order valence-corrected chi connectivity index (χ0v) is 19.8. The van der Waals surface area contributed by atoms with E-state index in [0.717, 1.165) is 26.2 Å². The molecular weight excluding hydrogens is 470 g/mol. The number of nitrogens with zero attached hydrogens (tertiary/aromatic N) is 2. The first kappa shape index (κ1) is 23.9. The van der Waals surface area contributed by atoms with Gasteiger partial charge in [0.25, 0.3) is 0 Å². The molecule has 0 heterocycles. The molecule has 0 fully saturated rings. The lowest BCUT2D eigenvalue weighted by Gasteiger charge is -2.31. The highest BCUT2D eigenvalue weighted by atomic mass is 79.9. The van der Waals surface area contributed by atoms with Gasteiger partial charge in [-0.2, -0.15) is 0 Å². The Kier molecular flexibility index (Phi) is 8.03. The first-order valence-corrected chi connectivity index (χ1v) is 12.0. The van der Waals surface area contributed by atoms with Crippen LogP contribution in [0.2, 0.25) is 0 Å². The van der Waals surface area contributed by atoms with Gasteiger partial charge < -0.3 is 10.2 Å². The van der Waals surface area contributed by atoms with Gasteiger partial charge in [-0.3, -0.25) is 13.9 Å². The van der Waals surface area contributed by atoms with Crippen LogP contribution in [0.5, 0.6) is 0 Å². The summed E-state index contributed by atoms with van der Waals surface area (Å²) in [6, 6.07) is 13.5. The van der Waals surface area contributed by atoms with Crippen LogP contribution in [0.3, 0.4) is 0 Å². The predicted octanol–water partition coefficient (Wildman–Crippen LogP) is 2.69. The van der Waals surface area contributed by atoms with Crippen LogP contribution in [0, 0.1) is 6.92 Å². The molecule has 0 saturated heterocycles. The molecule has 7 nitrogen and oxygen atoms in total. The van der Waals surface area contributed by atoms with E-state index in [1.54, 1.807) is 31.2 Å². The van der Waals surface area contributed by atoms with Crippen LogP contribution >= 0.6 is 15.9 Å². The first-order valence-electron chi connectivity index (χ1n) is 9.33. The number of anilines is 1. The lowest BCUT2D eigenvalue weighted by molar-refractivity contribution is -0.139. The fourth-order valence-electron chi connectivity index (χ4n) is 2.90. The zero-order valence-electron chi connectivity index (χ0n) is 17.4. The molecule has 1 atom stereocenters. The Labute approximate surface area is 186 Å². The predicted molar refractivity (Wildman–Crippen MR) is 122 cm³/mol. The van der Waals surface area contributed by atoms with E-state index < -0.39 is 28.5 Å². The molecule has 0 aromatic heterocycles. The number of benzene rings is 2. The largest absolute Gasteiger partial charge is 0.357 e. The quantitative estimate of drug-likeness (QED) is 0.609. The zero-order chi connectivity index (χ0) is 22.5. The van der Waals surface area contributed by atoms with Crippen LogP contribution in [0.15, 0.2) is 53.0 Å².